The lowest BCUT2D eigenvalue weighted by atomic mass is 10.0. The zero-order valence-corrected chi connectivity index (χ0v) is 19.2. The fourth-order valence-electron chi connectivity index (χ4n) is 3.68. The first-order valence-electron chi connectivity index (χ1n) is 10.4. The second-order valence-corrected chi connectivity index (χ2v) is 9.73. The highest BCUT2D eigenvalue weighted by Gasteiger charge is 2.28. The number of carbonyl (C=O) groups is 1. The number of nitrogens with one attached hydrogen (secondary N) is 2. The third kappa shape index (κ3) is 3.66. The van der Waals surface area contributed by atoms with Crippen LogP contribution in [-0.2, 0) is 12.1 Å². The summed E-state index contributed by atoms with van der Waals surface area (Å²) in [7, 11) is 0. The standard InChI is InChI=1S/C21H29N7OS/c1-11(2)15-9-14(17-12(3)26-28(18(17)23-15)21(4,5)6)19(29)22-10-16-24-25-20(30)27(16)13-7-8-13/h9,11,13H,7-8,10H2,1-6H3,(H,22,29)(H,25,30). The Labute approximate surface area is 181 Å². The normalized spacial score (nSPS) is 14.6. The SMILES string of the molecule is Cc1nn(C(C)(C)C)c2nc(C(C)C)cc(C(=O)NCc3n[nH]c(=S)n3C3CC3)c12. The molecular weight excluding hydrogens is 398 g/mol. The Bertz CT molecular complexity index is 1170. The molecule has 0 bridgehead atoms. The second kappa shape index (κ2) is 7.30. The van der Waals surface area contributed by atoms with Crippen LogP contribution in [0.5, 0.6) is 0 Å². The van der Waals surface area contributed by atoms with Crippen LogP contribution in [0.3, 0.4) is 0 Å². The quantitative estimate of drug-likeness (QED) is 0.597. The molecule has 30 heavy (non-hydrogen) atoms. The van der Waals surface area contributed by atoms with Crippen molar-refractivity contribution in [3.05, 3.63) is 33.6 Å². The van der Waals surface area contributed by atoms with Crippen molar-refractivity contribution >= 4 is 29.2 Å². The lowest BCUT2D eigenvalue weighted by Crippen LogP contribution is -2.26. The van der Waals surface area contributed by atoms with Gasteiger partial charge in [-0.3, -0.25) is 14.5 Å². The summed E-state index contributed by atoms with van der Waals surface area (Å²) in [5, 5.41) is 15.7. The van der Waals surface area contributed by atoms with Gasteiger partial charge < -0.3 is 5.32 Å². The molecule has 0 atom stereocenters. The number of fused-ring (bicyclic) bond motifs is 1. The molecule has 0 radical (unpaired) electrons. The van der Waals surface area contributed by atoms with E-state index in [0.29, 0.717) is 22.9 Å². The van der Waals surface area contributed by atoms with Crippen molar-refractivity contribution in [1.29, 1.82) is 0 Å². The predicted molar refractivity (Wildman–Crippen MR) is 118 cm³/mol. The number of carbonyl (C=O) groups excluding carboxylic acids is 1. The van der Waals surface area contributed by atoms with Crippen molar-refractivity contribution in [2.75, 3.05) is 0 Å². The third-order valence-corrected chi connectivity index (χ3v) is 5.69. The van der Waals surface area contributed by atoms with Gasteiger partial charge in [-0.25, -0.2) is 9.67 Å². The van der Waals surface area contributed by atoms with Gasteiger partial charge in [0.2, 0.25) is 0 Å². The van der Waals surface area contributed by atoms with Crippen molar-refractivity contribution in [2.24, 2.45) is 0 Å². The Kier molecular flexibility index (Phi) is 5.04. The molecule has 4 rings (SSSR count). The largest absolute Gasteiger partial charge is 0.345 e. The van der Waals surface area contributed by atoms with Crippen LogP contribution in [0, 0.1) is 11.7 Å². The summed E-state index contributed by atoms with van der Waals surface area (Å²) in [5.74, 6) is 0.792. The van der Waals surface area contributed by atoms with Gasteiger partial charge in [0.15, 0.2) is 16.2 Å². The van der Waals surface area contributed by atoms with Crippen LogP contribution in [0.2, 0.25) is 0 Å². The molecule has 0 saturated heterocycles. The van der Waals surface area contributed by atoms with E-state index in [1.807, 2.05) is 22.2 Å². The van der Waals surface area contributed by atoms with E-state index in [1.54, 1.807) is 0 Å². The number of aryl methyl sites for hydroxylation is 1. The number of pyridine rings is 1. The number of H-pyrrole nitrogens is 1. The van der Waals surface area contributed by atoms with E-state index in [-0.39, 0.29) is 17.4 Å². The number of aromatic nitrogens is 6. The maximum Gasteiger partial charge on any atom is 0.252 e. The summed E-state index contributed by atoms with van der Waals surface area (Å²) >= 11 is 5.34. The number of hydrogen-bond donors (Lipinski definition) is 2. The van der Waals surface area contributed by atoms with Gasteiger partial charge in [-0.2, -0.15) is 10.2 Å². The summed E-state index contributed by atoms with van der Waals surface area (Å²) in [5.41, 5.74) is 2.78. The molecule has 1 aliphatic carbocycles. The maximum atomic E-state index is 13.3. The highest BCUT2D eigenvalue weighted by atomic mass is 32.1. The minimum Gasteiger partial charge on any atom is -0.345 e. The number of rotatable bonds is 5. The van der Waals surface area contributed by atoms with E-state index >= 15 is 0 Å². The fraction of sp³-hybridized carbons (Fsp3) is 0.571. The van der Waals surface area contributed by atoms with Gasteiger partial charge in [0, 0.05) is 11.7 Å². The van der Waals surface area contributed by atoms with Gasteiger partial charge in [0.1, 0.15) is 0 Å². The number of amides is 1. The van der Waals surface area contributed by atoms with Crippen LogP contribution >= 0.6 is 12.2 Å². The molecule has 0 aliphatic heterocycles. The maximum absolute atomic E-state index is 13.3. The molecule has 3 aromatic rings. The minimum absolute atomic E-state index is 0.155. The molecular formula is C21H29N7OS. The molecule has 3 aromatic heterocycles. The highest BCUT2D eigenvalue weighted by Crippen LogP contribution is 2.35. The van der Waals surface area contributed by atoms with Crippen molar-refractivity contribution < 1.29 is 4.79 Å². The third-order valence-electron chi connectivity index (χ3n) is 5.40. The van der Waals surface area contributed by atoms with Crippen LogP contribution in [0.25, 0.3) is 11.0 Å². The average Bonchev–Trinajstić information content (AvgIpc) is 3.35. The summed E-state index contributed by atoms with van der Waals surface area (Å²) in [6, 6.07) is 2.29. The molecule has 1 amide bonds. The molecule has 1 saturated carbocycles. The van der Waals surface area contributed by atoms with E-state index in [4.69, 9.17) is 22.3 Å². The highest BCUT2D eigenvalue weighted by molar-refractivity contribution is 7.71. The molecule has 1 aliphatic rings. The summed E-state index contributed by atoms with van der Waals surface area (Å²) < 4.78 is 4.54. The fourth-order valence-corrected chi connectivity index (χ4v) is 3.98. The number of hydrogen-bond acceptors (Lipinski definition) is 5. The van der Waals surface area contributed by atoms with Crippen LogP contribution in [-0.4, -0.2) is 35.4 Å². The average molecular weight is 428 g/mol. The van der Waals surface area contributed by atoms with Gasteiger partial charge in [0.25, 0.3) is 5.91 Å². The Morgan fingerprint density at radius 2 is 2.07 bits per heavy atom. The smallest absolute Gasteiger partial charge is 0.252 e. The molecule has 1 fully saturated rings. The van der Waals surface area contributed by atoms with E-state index in [9.17, 15) is 4.79 Å². The van der Waals surface area contributed by atoms with Crippen molar-refractivity contribution in [1.82, 2.24) is 34.8 Å². The van der Waals surface area contributed by atoms with Crippen molar-refractivity contribution in [2.45, 2.75) is 78.4 Å². The lowest BCUT2D eigenvalue weighted by Gasteiger charge is -2.20. The summed E-state index contributed by atoms with van der Waals surface area (Å²) in [6.07, 6.45) is 2.20. The van der Waals surface area contributed by atoms with Crippen LogP contribution in [0.1, 0.15) is 87.0 Å². The van der Waals surface area contributed by atoms with Crippen LogP contribution in [0.4, 0.5) is 0 Å². The molecule has 8 nitrogen and oxygen atoms in total. The summed E-state index contributed by atoms with van der Waals surface area (Å²) in [4.78, 5) is 18.1. The molecule has 3 heterocycles. The predicted octanol–water partition coefficient (Wildman–Crippen LogP) is 4.14. The Morgan fingerprint density at radius 1 is 1.37 bits per heavy atom. The van der Waals surface area contributed by atoms with Gasteiger partial charge in [0.05, 0.1) is 28.7 Å². The van der Waals surface area contributed by atoms with Gasteiger partial charge in [-0.05, 0) is 64.7 Å². The van der Waals surface area contributed by atoms with Crippen LogP contribution < -0.4 is 5.32 Å². The van der Waals surface area contributed by atoms with E-state index in [0.717, 1.165) is 41.1 Å². The lowest BCUT2D eigenvalue weighted by molar-refractivity contribution is 0.0950. The van der Waals surface area contributed by atoms with Crippen LogP contribution in [0.15, 0.2) is 6.07 Å². The van der Waals surface area contributed by atoms with Gasteiger partial charge >= 0.3 is 0 Å². The van der Waals surface area contributed by atoms with Gasteiger partial charge in [-0.1, -0.05) is 13.8 Å². The first-order chi connectivity index (χ1) is 14.1. The van der Waals surface area contributed by atoms with E-state index in [1.165, 1.54) is 0 Å². The van der Waals surface area contributed by atoms with Gasteiger partial charge in [-0.15, -0.1) is 0 Å². The topological polar surface area (TPSA) is 93.4 Å². The van der Waals surface area contributed by atoms with Crippen molar-refractivity contribution in [3.63, 3.8) is 0 Å². The number of aromatic amines is 1. The zero-order valence-electron chi connectivity index (χ0n) is 18.4. The first-order valence-corrected chi connectivity index (χ1v) is 10.8. The van der Waals surface area contributed by atoms with Crippen molar-refractivity contribution in [3.8, 4) is 0 Å². The Morgan fingerprint density at radius 3 is 2.67 bits per heavy atom. The van der Waals surface area contributed by atoms with E-state index in [2.05, 4.69) is 50.1 Å². The Balaban J connectivity index is 1.73. The summed E-state index contributed by atoms with van der Waals surface area (Å²) in [6.45, 7) is 12.7. The minimum atomic E-state index is -0.242. The monoisotopic (exact) mass is 427 g/mol. The van der Waals surface area contributed by atoms with E-state index < -0.39 is 0 Å². The molecule has 0 spiro atoms. The zero-order chi connectivity index (χ0) is 21.8. The Hall–Kier alpha value is -2.55. The molecule has 0 aromatic carbocycles. The molecule has 0 unspecified atom stereocenters. The number of nitrogens with zero attached hydrogens (tertiary/aromatic N) is 5. The molecule has 2 N–H and O–H groups in total. The first kappa shape index (κ1) is 20.7. The second-order valence-electron chi connectivity index (χ2n) is 9.34. The molecule has 160 valence electrons. The molecule has 9 heteroatoms.